The maximum absolute atomic E-state index is 4.27. The van der Waals surface area contributed by atoms with Crippen LogP contribution in [0.2, 0.25) is 0 Å². The molecule has 2 aliphatic rings. The lowest BCUT2D eigenvalue weighted by Gasteiger charge is -2.30. The third-order valence-corrected chi connectivity index (χ3v) is 4.24. The van der Waals surface area contributed by atoms with Gasteiger partial charge in [-0.05, 0) is 50.8 Å². The van der Waals surface area contributed by atoms with Crippen molar-refractivity contribution in [2.24, 2.45) is 13.0 Å². The summed E-state index contributed by atoms with van der Waals surface area (Å²) >= 11 is 0. The van der Waals surface area contributed by atoms with Gasteiger partial charge in [0.2, 0.25) is 0 Å². The average molecular weight is 248 g/mol. The normalized spacial score (nSPS) is 24.7. The van der Waals surface area contributed by atoms with Crippen LogP contribution in [0, 0.1) is 5.92 Å². The van der Waals surface area contributed by atoms with Crippen molar-refractivity contribution in [2.45, 2.75) is 38.3 Å². The molecule has 0 amide bonds. The van der Waals surface area contributed by atoms with Crippen molar-refractivity contribution in [1.29, 1.82) is 0 Å². The molecule has 18 heavy (non-hydrogen) atoms. The average Bonchev–Trinajstić information content (AvgIpc) is 3.16. The van der Waals surface area contributed by atoms with E-state index in [1.807, 2.05) is 17.9 Å². The lowest BCUT2D eigenvalue weighted by molar-refractivity contribution is 0.189. The van der Waals surface area contributed by atoms with Gasteiger partial charge in [-0.1, -0.05) is 0 Å². The molecule has 2 heterocycles. The summed E-state index contributed by atoms with van der Waals surface area (Å²) in [6.45, 7) is 4.73. The maximum Gasteiger partial charge on any atom is 0.0521 e. The summed E-state index contributed by atoms with van der Waals surface area (Å²) in [5.74, 6) is 0.840. The second kappa shape index (κ2) is 5.41. The molecule has 1 aliphatic heterocycles. The van der Waals surface area contributed by atoms with Gasteiger partial charge in [0.15, 0.2) is 0 Å². The molecule has 100 valence electrons. The topological polar surface area (TPSA) is 33.1 Å². The van der Waals surface area contributed by atoms with E-state index in [0.717, 1.165) is 18.5 Å². The summed E-state index contributed by atoms with van der Waals surface area (Å²) in [6, 6.07) is 2.98. The number of rotatable bonds is 5. The number of hydrogen-bond donors (Lipinski definition) is 1. The van der Waals surface area contributed by atoms with Crippen LogP contribution >= 0.6 is 0 Å². The molecule has 1 aromatic rings. The van der Waals surface area contributed by atoms with Crippen LogP contribution in [0.3, 0.4) is 0 Å². The Balaban J connectivity index is 1.59. The van der Waals surface area contributed by atoms with Gasteiger partial charge in [0.05, 0.1) is 5.69 Å². The van der Waals surface area contributed by atoms with Gasteiger partial charge in [-0.15, -0.1) is 0 Å². The zero-order valence-electron chi connectivity index (χ0n) is 11.3. The van der Waals surface area contributed by atoms with Crippen LogP contribution in [0.1, 0.15) is 31.4 Å². The smallest absolute Gasteiger partial charge is 0.0521 e. The quantitative estimate of drug-likeness (QED) is 0.854. The first-order chi connectivity index (χ1) is 8.83. The fourth-order valence-corrected chi connectivity index (χ4v) is 2.96. The predicted molar refractivity (Wildman–Crippen MR) is 72.2 cm³/mol. The van der Waals surface area contributed by atoms with Crippen molar-refractivity contribution in [1.82, 2.24) is 20.0 Å². The summed E-state index contributed by atoms with van der Waals surface area (Å²) in [4.78, 5) is 2.68. The van der Waals surface area contributed by atoms with Gasteiger partial charge in [-0.3, -0.25) is 9.58 Å². The van der Waals surface area contributed by atoms with Crippen molar-refractivity contribution in [2.75, 3.05) is 19.6 Å². The highest BCUT2D eigenvalue weighted by Gasteiger charge is 2.31. The second-order valence-electron chi connectivity index (χ2n) is 5.82. The fourth-order valence-electron chi connectivity index (χ4n) is 2.96. The van der Waals surface area contributed by atoms with Crippen molar-refractivity contribution >= 4 is 0 Å². The number of nitrogens with zero attached hydrogens (tertiary/aromatic N) is 3. The molecule has 3 rings (SSSR count). The molecule has 1 saturated carbocycles. The third-order valence-electron chi connectivity index (χ3n) is 4.24. The van der Waals surface area contributed by atoms with Crippen LogP contribution in [0.25, 0.3) is 0 Å². The molecule has 1 saturated heterocycles. The maximum atomic E-state index is 4.27. The second-order valence-corrected chi connectivity index (χ2v) is 5.82. The Morgan fingerprint density at radius 3 is 2.94 bits per heavy atom. The first kappa shape index (κ1) is 12.2. The van der Waals surface area contributed by atoms with Crippen LogP contribution in [-0.2, 0) is 13.6 Å². The number of hydrogen-bond acceptors (Lipinski definition) is 3. The van der Waals surface area contributed by atoms with Gasteiger partial charge in [-0.2, -0.15) is 5.10 Å². The first-order valence-corrected chi connectivity index (χ1v) is 7.24. The molecule has 1 N–H and O–H groups in total. The van der Waals surface area contributed by atoms with Crippen molar-refractivity contribution in [3.8, 4) is 0 Å². The Kier molecular flexibility index (Phi) is 3.66. The molecule has 4 heteroatoms. The minimum absolute atomic E-state index is 0.835. The Bertz CT molecular complexity index is 377. The molecule has 1 aliphatic carbocycles. The molecular weight excluding hydrogens is 224 g/mol. The van der Waals surface area contributed by atoms with Crippen LogP contribution in [0.5, 0.6) is 0 Å². The standard InChI is InChI=1S/C14H24N4/c1-17-14(6-8-16-17)11-18(13-4-5-13)10-12-3-2-7-15-9-12/h6,8,12-13,15H,2-5,7,9-11H2,1H3. The Morgan fingerprint density at radius 2 is 2.33 bits per heavy atom. The Hall–Kier alpha value is -0.870. The fraction of sp³-hybridized carbons (Fsp3) is 0.786. The van der Waals surface area contributed by atoms with E-state index in [4.69, 9.17) is 0 Å². The summed E-state index contributed by atoms with van der Waals surface area (Å²) in [6.07, 6.45) is 7.41. The van der Waals surface area contributed by atoms with Gasteiger partial charge in [0, 0.05) is 32.4 Å². The number of piperidine rings is 1. The highest BCUT2D eigenvalue weighted by molar-refractivity contribution is 5.01. The molecule has 0 bridgehead atoms. The number of aryl methyl sites for hydroxylation is 1. The molecule has 1 unspecified atom stereocenters. The van der Waals surface area contributed by atoms with Gasteiger partial charge in [-0.25, -0.2) is 0 Å². The van der Waals surface area contributed by atoms with Crippen LogP contribution in [0.4, 0.5) is 0 Å². The molecule has 0 aromatic carbocycles. The molecule has 2 fully saturated rings. The minimum atomic E-state index is 0.835. The minimum Gasteiger partial charge on any atom is -0.316 e. The molecule has 0 spiro atoms. The highest BCUT2D eigenvalue weighted by atomic mass is 15.3. The van der Waals surface area contributed by atoms with Crippen LogP contribution in [-0.4, -0.2) is 40.4 Å². The summed E-state index contributed by atoms with van der Waals surface area (Å²) in [5, 5.41) is 7.80. The first-order valence-electron chi connectivity index (χ1n) is 7.24. The SMILES string of the molecule is Cn1nccc1CN(CC1CCCNC1)C1CC1. The van der Waals surface area contributed by atoms with Crippen LogP contribution < -0.4 is 5.32 Å². The van der Waals surface area contributed by atoms with E-state index in [9.17, 15) is 0 Å². The van der Waals surface area contributed by atoms with Gasteiger partial charge >= 0.3 is 0 Å². The molecule has 4 nitrogen and oxygen atoms in total. The van der Waals surface area contributed by atoms with Crippen molar-refractivity contribution in [3.05, 3.63) is 18.0 Å². The van der Waals surface area contributed by atoms with Crippen molar-refractivity contribution < 1.29 is 0 Å². The van der Waals surface area contributed by atoms with Gasteiger partial charge < -0.3 is 5.32 Å². The van der Waals surface area contributed by atoms with Gasteiger partial charge in [0.1, 0.15) is 0 Å². The molecule has 1 aromatic heterocycles. The van der Waals surface area contributed by atoms with E-state index in [1.54, 1.807) is 0 Å². The zero-order chi connectivity index (χ0) is 12.4. The highest BCUT2D eigenvalue weighted by Crippen LogP contribution is 2.29. The Labute approximate surface area is 109 Å². The van der Waals surface area contributed by atoms with E-state index < -0.39 is 0 Å². The molecular formula is C14H24N4. The monoisotopic (exact) mass is 248 g/mol. The number of aromatic nitrogens is 2. The van der Waals surface area contributed by atoms with Crippen LogP contribution in [0.15, 0.2) is 12.3 Å². The summed E-state index contributed by atoms with van der Waals surface area (Å²) in [7, 11) is 2.04. The molecule has 0 radical (unpaired) electrons. The number of nitrogens with one attached hydrogen (secondary N) is 1. The largest absolute Gasteiger partial charge is 0.316 e. The zero-order valence-corrected chi connectivity index (χ0v) is 11.3. The summed E-state index contributed by atoms with van der Waals surface area (Å²) in [5.41, 5.74) is 1.34. The lowest BCUT2D eigenvalue weighted by Crippen LogP contribution is -2.39. The van der Waals surface area contributed by atoms with E-state index >= 15 is 0 Å². The predicted octanol–water partition coefficient (Wildman–Crippen LogP) is 1.38. The van der Waals surface area contributed by atoms with E-state index in [0.29, 0.717) is 0 Å². The van der Waals surface area contributed by atoms with E-state index in [2.05, 4.69) is 21.4 Å². The van der Waals surface area contributed by atoms with E-state index in [-0.39, 0.29) is 0 Å². The molecule has 1 atom stereocenters. The Morgan fingerprint density at radius 1 is 1.44 bits per heavy atom. The summed E-state index contributed by atoms with van der Waals surface area (Å²) < 4.78 is 2.01. The third kappa shape index (κ3) is 2.93. The van der Waals surface area contributed by atoms with Gasteiger partial charge in [0.25, 0.3) is 0 Å². The lowest BCUT2D eigenvalue weighted by atomic mass is 9.99. The van der Waals surface area contributed by atoms with E-state index in [1.165, 1.54) is 51.0 Å². The van der Waals surface area contributed by atoms with Crippen molar-refractivity contribution in [3.63, 3.8) is 0 Å².